The van der Waals surface area contributed by atoms with Crippen molar-refractivity contribution in [2.75, 3.05) is 76.8 Å². The van der Waals surface area contributed by atoms with Crippen LogP contribution in [0.15, 0.2) is 36.4 Å². The minimum atomic E-state index is -0.205. The molecule has 1 aliphatic carbocycles. The molecule has 1 amide bonds. The zero-order valence-corrected chi connectivity index (χ0v) is 27.2. The van der Waals surface area contributed by atoms with Crippen LogP contribution in [0.2, 0.25) is 0 Å². The van der Waals surface area contributed by atoms with Gasteiger partial charge in [0.25, 0.3) is 0 Å². The molecular weight excluding hydrogens is 564 g/mol. The third kappa shape index (κ3) is 7.10. The van der Waals surface area contributed by atoms with E-state index >= 15 is 0 Å². The van der Waals surface area contributed by atoms with Gasteiger partial charge in [-0.3, -0.25) is 4.79 Å². The van der Waals surface area contributed by atoms with E-state index in [1.54, 1.807) is 6.08 Å². The van der Waals surface area contributed by atoms with Crippen molar-refractivity contribution in [3.05, 3.63) is 53.2 Å². The van der Waals surface area contributed by atoms with E-state index in [0.717, 1.165) is 56.7 Å². The van der Waals surface area contributed by atoms with Crippen LogP contribution in [0.1, 0.15) is 48.9 Å². The van der Waals surface area contributed by atoms with Crippen LogP contribution < -0.4 is 14.5 Å². The number of rotatable bonds is 9. The molecule has 2 fully saturated rings. The molecule has 0 unspecified atom stereocenters. The molecule has 45 heavy (non-hydrogen) atoms. The van der Waals surface area contributed by atoms with Crippen molar-refractivity contribution in [2.45, 2.75) is 69.5 Å². The number of nitriles is 1. The number of benzene rings is 1. The Morgan fingerprint density at radius 1 is 1.09 bits per heavy atom. The first-order valence-electron chi connectivity index (χ1n) is 16.7. The van der Waals surface area contributed by atoms with Crippen molar-refractivity contribution in [3.63, 3.8) is 0 Å². The Kier molecular flexibility index (Phi) is 9.86. The Labute approximate surface area is 268 Å². The number of aryl methyl sites for hydroxylation is 1. The van der Waals surface area contributed by atoms with E-state index in [9.17, 15) is 10.1 Å². The lowest BCUT2D eigenvalue weighted by molar-refractivity contribution is -0.128. The van der Waals surface area contributed by atoms with Crippen LogP contribution >= 0.6 is 0 Å². The lowest BCUT2D eigenvalue weighted by Crippen LogP contribution is -2.55. The van der Waals surface area contributed by atoms with Crippen molar-refractivity contribution >= 4 is 17.4 Å². The molecule has 2 aromatic rings. The van der Waals surface area contributed by atoms with Crippen LogP contribution in [0.25, 0.3) is 0 Å². The molecule has 4 heterocycles. The number of aromatic nitrogens is 2. The summed E-state index contributed by atoms with van der Waals surface area (Å²) in [7, 11) is 6.12. The number of likely N-dealkylation sites (N-methyl/N-ethyl adjacent to an activating group) is 2. The van der Waals surface area contributed by atoms with Gasteiger partial charge in [0.15, 0.2) is 0 Å². The number of amides is 1. The summed E-state index contributed by atoms with van der Waals surface area (Å²) in [6, 6.07) is 12.2. The maximum absolute atomic E-state index is 13.1. The summed E-state index contributed by atoms with van der Waals surface area (Å²) >= 11 is 0. The Morgan fingerprint density at radius 2 is 1.96 bits per heavy atom. The molecular formula is C35H48N8O2. The Morgan fingerprint density at radius 3 is 2.76 bits per heavy atom. The second-order valence-electron chi connectivity index (χ2n) is 13.3. The predicted octanol–water partition coefficient (Wildman–Crippen LogP) is 3.31. The Bertz CT molecular complexity index is 1420. The molecule has 10 heteroatoms. The van der Waals surface area contributed by atoms with E-state index in [4.69, 9.17) is 14.7 Å². The fraction of sp³-hybridized carbons (Fsp3) is 0.600. The van der Waals surface area contributed by atoms with Crippen molar-refractivity contribution in [1.29, 1.82) is 5.26 Å². The van der Waals surface area contributed by atoms with Gasteiger partial charge in [0.1, 0.15) is 12.4 Å². The second-order valence-corrected chi connectivity index (χ2v) is 13.3. The highest BCUT2D eigenvalue weighted by Crippen LogP contribution is 2.37. The van der Waals surface area contributed by atoms with Gasteiger partial charge in [-0.15, -0.1) is 0 Å². The quantitative estimate of drug-likeness (QED) is 0.396. The van der Waals surface area contributed by atoms with Crippen molar-refractivity contribution in [2.24, 2.45) is 0 Å². The molecule has 0 spiro atoms. The third-order valence-corrected chi connectivity index (χ3v) is 9.99. The standard InChI is InChI=1S/C35H48N8O2/c1-39(2)18-8-13-33(44)43-22-21-41(24-28(43)16-17-36)34-30-15-14-27(42-20-6-10-26-9-4-5-12-32(26)42)23-31(30)37-35(38-34)45-25-29-11-7-19-40(29)3/h4-5,8-9,12-13,27-29H,6-7,10-11,14-16,18-25H2,1-3H3/b13-8+/t27-,28-,29-/m0/s1. The van der Waals surface area contributed by atoms with Gasteiger partial charge < -0.3 is 29.2 Å². The highest BCUT2D eigenvalue weighted by molar-refractivity contribution is 5.88. The largest absolute Gasteiger partial charge is 0.462 e. The van der Waals surface area contributed by atoms with Crippen LogP contribution in [0.3, 0.4) is 0 Å². The molecule has 3 atom stereocenters. The van der Waals surface area contributed by atoms with Gasteiger partial charge in [0.2, 0.25) is 5.91 Å². The van der Waals surface area contributed by atoms with Crippen LogP contribution in [0.4, 0.5) is 11.5 Å². The Balaban J connectivity index is 1.26. The number of nitrogens with zero attached hydrogens (tertiary/aromatic N) is 8. The maximum Gasteiger partial charge on any atom is 0.318 e. The van der Waals surface area contributed by atoms with Gasteiger partial charge in [0, 0.05) is 68.6 Å². The molecule has 240 valence electrons. The molecule has 0 bridgehead atoms. The summed E-state index contributed by atoms with van der Waals surface area (Å²) in [6.07, 6.45) is 11.2. The second kappa shape index (κ2) is 14.2. The maximum atomic E-state index is 13.1. The van der Waals surface area contributed by atoms with Crippen LogP contribution in [-0.2, 0) is 24.1 Å². The summed E-state index contributed by atoms with van der Waals surface area (Å²) in [4.78, 5) is 34.4. The number of ether oxygens (including phenoxy) is 1. The minimum absolute atomic E-state index is 0.0316. The molecule has 4 aliphatic rings. The third-order valence-electron chi connectivity index (χ3n) is 9.99. The molecule has 0 saturated carbocycles. The van der Waals surface area contributed by atoms with Crippen LogP contribution in [0, 0.1) is 11.3 Å². The summed E-state index contributed by atoms with van der Waals surface area (Å²) in [5.74, 6) is 0.890. The summed E-state index contributed by atoms with van der Waals surface area (Å²) in [5, 5.41) is 9.69. The van der Waals surface area contributed by atoms with Crippen molar-refractivity contribution < 1.29 is 9.53 Å². The number of anilines is 2. The average molecular weight is 613 g/mol. The van der Waals surface area contributed by atoms with Crippen LogP contribution in [0.5, 0.6) is 6.01 Å². The number of piperazine rings is 1. The van der Waals surface area contributed by atoms with Crippen LogP contribution in [-0.4, -0.2) is 116 Å². The van der Waals surface area contributed by atoms with E-state index in [0.29, 0.717) is 50.9 Å². The molecule has 0 radical (unpaired) electrons. The number of para-hydroxylation sites is 1. The molecule has 6 rings (SSSR count). The topological polar surface area (TPSA) is 92.1 Å². The lowest BCUT2D eigenvalue weighted by atomic mass is 9.88. The normalized spacial score (nSPS) is 23.7. The van der Waals surface area contributed by atoms with E-state index in [1.807, 2.05) is 30.0 Å². The average Bonchev–Trinajstić information content (AvgIpc) is 3.47. The van der Waals surface area contributed by atoms with Gasteiger partial charge in [-0.25, -0.2) is 0 Å². The van der Waals surface area contributed by atoms with Gasteiger partial charge in [-0.1, -0.05) is 24.3 Å². The molecule has 2 saturated heterocycles. The molecule has 1 aromatic heterocycles. The molecule has 0 N–H and O–H groups in total. The smallest absolute Gasteiger partial charge is 0.318 e. The van der Waals surface area contributed by atoms with E-state index < -0.39 is 0 Å². The minimum Gasteiger partial charge on any atom is -0.462 e. The number of carbonyl (C=O) groups is 1. The first-order valence-corrected chi connectivity index (χ1v) is 16.7. The Hall–Kier alpha value is -3.68. The van der Waals surface area contributed by atoms with E-state index in [1.165, 1.54) is 29.7 Å². The van der Waals surface area contributed by atoms with Gasteiger partial charge in [-0.05, 0) is 77.8 Å². The molecule has 1 aromatic carbocycles. The number of carbonyl (C=O) groups excluding carboxylic acids is 1. The number of fused-ring (bicyclic) bond motifs is 2. The van der Waals surface area contributed by atoms with Crippen molar-refractivity contribution in [1.82, 2.24) is 24.7 Å². The molecule has 3 aliphatic heterocycles. The molecule has 10 nitrogen and oxygen atoms in total. The summed E-state index contributed by atoms with van der Waals surface area (Å²) in [6.45, 7) is 5.22. The van der Waals surface area contributed by atoms with Gasteiger partial charge in [0.05, 0.1) is 24.2 Å². The number of hydrogen-bond acceptors (Lipinski definition) is 9. The van der Waals surface area contributed by atoms with Crippen molar-refractivity contribution in [3.8, 4) is 12.1 Å². The SMILES string of the molecule is CN(C)C/C=C/C(=O)N1CCN(c2nc(OC[C@@H]3CCCN3C)nc3c2CC[C@H](N2CCCc4ccccc42)C3)C[C@@H]1CC#N. The summed E-state index contributed by atoms with van der Waals surface area (Å²) < 4.78 is 6.36. The van der Waals surface area contributed by atoms with E-state index in [2.05, 4.69) is 52.1 Å². The zero-order valence-electron chi connectivity index (χ0n) is 27.2. The highest BCUT2D eigenvalue weighted by Gasteiger charge is 2.35. The summed E-state index contributed by atoms with van der Waals surface area (Å²) in [5.41, 5.74) is 5.08. The highest BCUT2D eigenvalue weighted by atomic mass is 16.5. The first kappa shape index (κ1) is 31.3. The number of likely N-dealkylation sites (tertiary alicyclic amines) is 1. The van der Waals surface area contributed by atoms with Gasteiger partial charge in [-0.2, -0.15) is 15.2 Å². The lowest BCUT2D eigenvalue weighted by Gasteiger charge is -2.43. The fourth-order valence-corrected chi connectivity index (χ4v) is 7.53. The van der Waals surface area contributed by atoms with Gasteiger partial charge >= 0.3 is 6.01 Å². The zero-order chi connectivity index (χ0) is 31.3. The van der Waals surface area contributed by atoms with E-state index in [-0.39, 0.29) is 18.4 Å². The monoisotopic (exact) mass is 612 g/mol. The predicted molar refractivity (Wildman–Crippen MR) is 177 cm³/mol. The number of hydrogen-bond donors (Lipinski definition) is 0. The first-order chi connectivity index (χ1) is 21.9. The fourth-order valence-electron chi connectivity index (χ4n) is 7.53.